The highest BCUT2D eigenvalue weighted by atomic mass is 32.2. The van der Waals surface area contributed by atoms with E-state index < -0.39 is 0 Å². The molecule has 0 aliphatic rings. The van der Waals surface area contributed by atoms with Crippen molar-refractivity contribution in [2.24, 2.45) is 0 Å². The molecule has 0 aliphatic heterocycles. The zero-order valence-electron chi connectivity index (χ0n) is 14.1. The van der Waals surface area contributed by atoms with Crippen LogP contribution in [0.2, 0.25) is 0 Å². The Morgan fingerprint density at radius 3 is 2.35 bits per heavy atom. The number of carbonyl (C=O) groups excluding carboxylic acids is 1. The van der Waals surface area contributed by atoms with Gasteiger partial charge in [-0.15, -0.1) is 0 Å². The van der Waals surface area contributed by atoms with Gasteiger partial charge in [0.1, 0.15) is 0 Å². The van der Waals surface area contributed by atoms with Crippen LogP contribution in [0.1, 0.15) is 35.4 Å². The maximum atomic E-state index is 12.0. The van der Waals surface area contributed by atoms with E-state index in [4.69, 9.17) is 0 Å². The van der Waals surface area contributed by atoms with Crippen LogP contribution in [0.3, 0.4) is 0 Å². The number of amides is 1. The monoisotopic (exact) mass is 329 g/mol. The zero-order valence-corrected chi connectivity index (χ0v) is 14.9. The van der Waals surface area contributed by atoms with Gasteiger partial charge in [-0.1, -0.05) is 49.0 Å². The summed E-state index contributed by atoms with van der Waals surface area (Å²) in [6, 6.07) is 10.2. The lowest BCUT2D eigenvalue weighted by atomic mass is 10.0. The molecule has 0 bridgehead atoms. The Morgan fingerprint density at radius 2 is 1.74 bits per heavy atom. The third kappa shape index (κ3) is 5.06. The number of rotatable bonds is 6. The highest BCUT2D eigenvalue weighted by Crippen LogP contribution is 2.17. The molecule has 0 spiro atoms. The summed E-state index contributed by atoms with van der Waals surface area (Å²) in [4.78, 5) is 20.8. The molecule has 1 atom stereocenters. The predicted molar refractivity (Wildman–Crippen MR) is 94.8 cm³/mol. The van der Waals surface area contributed by atoms with Crippen LogP contribution in [0.15, 0.2) is 35.5 Å². The Hall–Kier alpha value is -1.88. The average Bonchev–Trinajstić information content (AvgIpc) is 2.56. The standard InChI is InChI=1S/C18H23N3OS/c1-12(16-8-6-5-7-9-16)10-19-17(22)11-23-18-20-14(3)13(2)15(4)21-18/h5-9,12H,10-11H2,1-4H3,(H,19,22)/t12-/m0/s1. The number of thioether (sulfide) groups is 1. The summed E-state index contributed by atoms with van der Waals surface area (Å²) in [6.07, 6.45) is 0. The van der Waals surface area contributed by atoms with E-state index in [-0.39, 0.29) is 5.91 Å². The van der Waals surface area contributed by atoms with Crippen LogP contribution >= 0.6 is 11.8 Å². The first kappa shape index (κ1) is 17.5. The summed E-state index contributed by atoms with van der Waals surface area (Å²) in [5, 5.41) is 3.64. The Bertz CT molecular complexity index is 650. The number of nitrogens with one attached hydrogen (secondary N) is 1. The van der Waals surface area contributed by atoms with Gasteiger partial charge >= 0.3 is 0 Å². The molecular weight excluding hydrogens is 306 g/mol. The van der Waals surface area contributed by atoms with Gasteiger partial charge in [0.15, 0.2) is 5.16 Å². The van der Waals surface area contributed by atoms with Crippen molar-refractivity contribution in [1.29, 1.82) is 0 Å². The van der Waals surface area contributed by atoms with Crippen molar-refractivity contribution < 1.29 is 4.79 Å². The molecule has 1 aromatic carbocycles. The third-order valence-corrected chi connectivity index (χ3v) is 4.77. The first-order chi connectivity index (χ1) is 11.0. The minimum Gasteiger partial charge on any atom is -0.355 e. The molecule has 1 aromatic heterocycles. The molecule has 4 nitrogen and oxygen atoms in total. The lowest BCUT2D eigenvalue weighted by molar-refractivity contribution is -0.118. The van der Waals surface area contributed by atoms with Crippen LogP contribution in [0.4, 0.5) is 0 Å². The quantitative estimate of drug-likeness (QED) is 0.652. The second kappa shape index (κ2) is 8.11. The molecule has 5 heteroatoms. The van der Waals surface area contributed by atoms with E-state index in [1.165, 1.54) is 17.3 Å². The minimum atomic E-state index is 0.0114. The summed E-state index contributed by atoms with van der Waals surface area (Å²) < 4.78 is 0. The summed E-state index contributed by atoms with van der Waals surface area (Å²) in [5.41, 5.74) is 4.28. The molecule has 0 unspecified atom stereocenters. The Balaban J connectivity index is 1.81. The molecule has 2 rings (SSSR count). The number of hydrogen-bond acceptors (Lipinski definition) is 4. The van der Waals surface area contributed by atoms with Crippen LogP contribution in [-0.4, -0.2) is 28.2 Å². The van der Waals surface area contributed by atoms with E-state index >= 15 is 0 Å². The van der Waals surface area contributed by atoms with E-state index in [1.807, 2.05) is 39.0 Å². The van der Waals surface area contributed by atoms with E-state index in [2.05, 4.69) is 34.3 Å². The van der Waals surface area contributed by atoms with E-state index in [0.717, 1.165) is 17.0 Å². The van der Waals surface area contributed by atoms with E-state index in [0.29, 0.717) is 23.4 Å². The molecule has 0 radical (unpaired) electrons. The van der Waals surface area contributed by atoms with E-state index in [9.17, 15) is 4.79 Å². The van der Waals surface area contributed by atoms with Crippen LogP contribution < -0.4 is 5.32 Å². The maximum absolute atomic E-state index is 12.0. The smallest absolute Gasteiger partial charge is 0.230 e. The normalized spacial score (nSPS) is 12.0. The van der Waals surface area contributed by atoms with Crippen LogP contribution in [-0.2, 0) is 4.79 Å². The van der Waals surface area contributed by atoms with Gasteiger partial charge < -0.3 is 5.32 Å². The molecule has 1 amide bonds. The molecule has 0 saturated heterocycles. The Kier molecular flexibility index (Phi) is 6.16. The lowest BCUT2D eigenvalue weighted by Crippen LogP contribution is -2.29. The minimum absolute atomic E-state index is 0.0114. The van der Waals surface area contributed by atoms with Gasteiger partial charge in [-0.2, -0.15) is 0 Å². The van der Waals surface area contributed by atoms with Gasteiger partial charge in [0, 0.05) is 17.9 Å². The maximum Gasteiger partial charge on any atom is 0.230 e. The third-order valence-electron chi connectivity index (χ3n) is 3.92. The van der Waals surface area contributed by atoms with Crippen molar-refractivity contribution in [3.05, 3.63) is 52.8 Å². The zero-order chi connectivity index (χ0) is 16.8. The van der Waals surface area contributed by atoms with Gasteiger partial charge in [-0.25, -0.2) is 9.97 Å². The molecule has 2 aromatic rings. The lowest BCUT2D eigenvalue weighted by Gasteiger charge is -2.13. The molecule has 0 saturated carbocycles. The van der Waals surface area contributed by atoms with Crippen molar-refractivity contribution in [2.45, 2.75) is 38.8 Å². The molecule has 0 aliphatic carbocycles. The van der Waals surface area contributed by atoms with Crippen molar-refractivity contribution in [3.8, 4) is 0 Å². The first-order valence-electron chi connectivity index (χ1n) is 7.73. The number of aryl methyl sites for hydroxylation is 2. The summed E-state index contributed by atoms with van der Waals surface area (Å²) in [6.45, 7) is 8.69. The molecule has 0 fully saturated rings. The average molecular weight is 329 g/mol. The van der Waals surface area contributed by atoms with Crippen molar-refractivity contribution in [3.63, 3.8) is 0 Å². The molecule has 1 N–H and O–H groups in total. The number of carbonyl (C=O) groups is 1. The summed E-state index contributed by atoms with van der Waals surface area (Å²) in [5.74, 6) is 0.645. The molecule has 23 heavy (non-hydrogen) atoms. The molecule has 1 heterocycles. The second-order valence-corrected chi connectivity index (χ2v) is 6.65. The Morgan fingerprint density at radius 1 is 1.13 bits per heavy atom. The number of hydrogen-bond donors (Lipinski definition) is 1. The van der Waals surface area contributed by atoms with Gasteiger partial charge in [0.2, 0.25) is 5.91 Å². The number of nitrogens with zero attached hydrogens (tertiary/aromatic N) is 2. The highest BCUT2D eigenvalue weighted by molar-refractivity contribution is 7.99. The highest BCUT2D eigenvalue weighted by Gasteiger charge is 2.10. The molecule has 122 valence electrons. The SMILES string of the molecule is Cc1nc(SCC(=O)NC[C@H](C)c2ccccc2)nc(C)c1C. The van der Waals surface area contributed by atoms with Crippen molar-refractivity contribution >= 4 is 17.7 Å². The van der Waals surface area contributed by atoms with Gasteiger partial charge in [0.25, 0.3) is 0 Å². The number of aromatic nitrogens is 2. The summed E-state index contributed by atoms with van der Waals surface area (Å²) >= 11 is 1.38. The van der Waals surface area contributed by atoms with Crippen molar-refractivity contribution in [1.82, 2.24) is 15.3 Å². The molecular formula is C18H23N3OS. The van der Waals surface area contributed by atoms with Crippen LogP contribution in [0.5, 0.6) is 0 Å². The fraction of sp³-hybridized carbons (Fsp3) is 0.389. The van der Waals surface area contributed by atoms with Crippen molar-refractivity contribution in [2.75, 3.05) is 12.3 Å². The topological polar surface area (TPSA) is 54.9 Å². The summed E-state index contributed by atoms with van der Waals surface area (Å²) in [7, 11) is 0. The Labute approximate surface area is 142 Å². The van der Waals surface area contributed by atoms with Gasteiger partial charge in [-0.05, 0) is 37.8 Å². The largest absolute Gasteiger partial charge is 0.355 e. The number of benzene rings is 1. The van der Waals surface area contributed by atoms with Gasteiger partial charge in [-0.3, -0.25) is 4.79 Å². The second-order valence-electron chi connectivity index (χ2n) is 5.71. The fourth-order valence-corrected chi connectivity index (χ4v) is 2.92. The first-order valence-corrected chi connectivity index (χ1v) is 8.72. The van der Waals surface area contributed by atoms with Crippen LogP contribution in [0, 0.1) is 20.8 Å². The van der Waals surface area contributed by atoms with Gasteiger partial charge in [0.05, 0.1) is 5.75 Å². The fourth-order valence-electron chi connectivity index (χ4n) is 2.15. The van der Waals surface area contributed by atoms with Crippen LogP contribution in [0.25, 0.3) is 0 Å². The predicted octanol–water partition coefficient (Wildman–Crippen LogP) is 3.41. The van der Waals surface area contributed by atoms with E-state index in [1.54, 1.807) is 0 Å².